The van der Waals surface area contributed by atoms with E-state index < -0.39 is 5.91 Å². The summed E-state index contributed by atoms with van der Waals surface area (Å²) in [7, 11) is 0. The van der Waals surface area contributed by atoms with Gasteiger partial charge in [0.05, 0.1) is 11.5 Å². The Morgan fingerprint density at radius 2 is 1.96 bits per heavy atom. The maximum Gasteiger partial charge on any atom is 0.251 e. The van der Waals surface area contributed by atoms with Crippen molar-refractivity contribution in [2.24, 2.45) is 17.6 Å². The lowest BCUT2D eigenvalue weighted by molar-refractivity contribution is -0.128. The van der Waals surface area contributed by atoms with Crippen LogP contribution in [0.15, 0.2) is 0 Å². The number of primary amides is 1. The average Bonchev–Trinajstić information content (AvgIpc) is 3.29. The van der Waals surface area contributed by atoms with E-state index in [2.05, 4.69) is 5.32 Å². The van der Waals surface area contributed by atoms with Crippen molar-refractivity contribution < 1.29 is 14.4 Å². The molecule has 1 atom stereocenters. The van der Waals surface area contributed by atoms with Crippen LogP contribution in [0, 0.1) is 11.8 Å². The van der Waals surface area contributed by atoms with E-state index in [-0.39, 0.29) is 24.2 Å². The molecule has 4 rings (SSSR count). The van der Waals surface area contributed by atoms with Crippen molar-refractivity contribution in [2.75, 3.05) is 18.4 Å². The van der Waals surface area contributed by atoms with Crippen LogP contribution in [0.1, 0.15) is 59.3 Å². The Bertz CT molecular complexity index is 753. The third kappa shape index (κ3) is 3.49. The van der Waals surface area contributed by atoms with Gasteiger partial charge in [-0.2, -0.15) is 0 Å². The predicted octanol–water partition coefficient (Wildman–Crippen LogP) is 2.31. The Hall–Kier alpha value is -1.89. The first kappa shape index (κ1) is 17.5. The van der Waals surface area contributed by atoms with Gasteiger partial charge in [0, 0.05) is 24.4 Å². The van der Waals surface area contributed by atoms with Crippen LogP contribution >= 0.6 is 11.3 Å². The number of nitrogens with one attached hydrogen (secondary N) is 1. The van der Waals surface area contributed by atoms with Crippen LogP contribution in [0.4, 0.5) is 5.00 Å². The third-order valence-electron chi connectivity index (χ3n) is 5.67. The molecular weight excluding hydrogens is 350 g/mol. The number of anilines is 1. The SMILES string of the molecule is NC(=O)c1c(NC(=O)[C@H]2CC(=O)N(CC3CC3)C2)sc2c1CCCCC2. The summed E-state index contributed by atoms with van der Waals surface area (Å²) in [6.45, 7) is 1.26. The molecule has 1 saturated heterocycles. The highest BCUT2D eigenvalue weighted by Crippen LogP contribution is 2.38. The number of hydrogen-bond donors (Lipinski definition) is 2. The Kier molecular flexibility index (Phi) is 4.73. The normalized spacial score (nSPS) is 22.8. The molecule has 3 amide bonds. The average molecular weight is 375 g/mol. The summed E-state index contributed by atoms with van der Waals surface area (Å²) >= 11 is 1.48. The van der Waals surface area contributed by atoms with Crippen molar-refractivity contribution in [3.05, 3.63) is 16.0 Å². The van der Waals surface area contributed by atoms with Gasteiger partial charge in [0.25, 0.3) is 5.91 Å². The molecule has 0 spiro atoms. The van der Waals surface area contributed by atoms with Crippen molar-refractivity contribution in [1.82, 2.24) is 4.90 Å². The van der Waals surface area contributed by atoms with E-state index in [0.29, 0.717) is 23.0 Å². The maximum absolute atomic E-state index is 12.7. The predicted molar refractivity (Wildman–Crippen MR) is 100 cm³/mol. The van der Waals surface area contributed by atoms with Gasteiger partial charge in [0.1, 0.15) is 5.00 Å². The van der Waals surface area contributed by atoms with Gasteiger partial charge in [-0.3, -0.25) is 14.4 Å². The summed E-state index contributed by atoms with van der Waals surface area (Å²) in [6, 6.07) is 0. The quantitative estimate of drug-likeness (QED) is 0.774. The van der Waals surface area contributed by atoms with Crippen LogP contribution in [0.3, 0.4) is 0 Å². The molecule has 1 aromatic rings. The van der Waals surface area contributed by atoms with Crippen LogP contribution in [0.5, 0.6) is 0 Å². The summed E-state index contributed by atoms with van der Waals surface area (Å²) in [4.78, 5) is 39.9. The molecule has 6 nitrogen and oxygen atoms in total. The van der Waals surface area contributed by atoms with Crippen LogP contribution < -0.4 is 11.1 Å². The van der Waals surface area contributed by atoms with Crippen LogP contribution in [0.25, 0.3) is 0 Å². The fourth-order valence-corrected chi connectivity index (χ4v) is 5.34. The number of carbonyl (C=O) groups excluding carboxylic acids is 3. The fourth-order valence-electron chi connectivity index (χ4n) is 4.04. The maximum atomic E-state index is 12.7. The van der Waals surface area contributed by atoms with Crippen molar-refractivity contribution in [2.45, 2.75) is 51.4 Å². The Morgan fingerprint density at radius 3 is 2.69 bits per heavy atom. The number of rotatable bonds is 5. The Morgan fingerprint density at radius 1 is 1.19 bits per heavy atom. The molecule has 26 heavy (non-hydrogen) atoms. The van der Waals surface area contributed by atoms with Crippen molar-refractivity contribution in [3.63, 3.8) is 0 Å². The Labute approximate surface area is 157 Å². The molecule has 140 valence electrons. The summed E-state index contributed by atoms with van der Waals surface area (Å²) in [5, 5.41) is 3.49. The minimum absolute atomic E-state index is 0.0640. The van der Waals surface area contributed by atoms with E-state index in [1.54, 1.807) is 0 Å². The number of aryl methyl sites for hydroxylation is 1. The molecular formula is C19H25N3O3S. The number of thiophene rings is 1. The second-order valence-corrected chi connectivity index (χ2v) is 8.87. The highest BCUT2D eigenvalue weighted by Gasteiger charge is 2.37. The summed E-state index contributed by atoms with van der Waals surface area (Å²) in [6.07, 6.45) is 7.71. The zero-order valence-electron chi connectivity index (χ0n) is 14.9. The number of hydrogen-bond acceptors (Lipinski definition) is 4. The van der Waals surface area contributed by atoms with Crippen LogP contribution in [-0.4, -0.2) is 35.7 Å². The zero-order chi connectivity index (χ0) is 18.3. The van der Waals surface area contributed by atoms with Crippen molar-refractivity contribution in [3.8, 4) is 0 Å². The topological polar surface area (TPSA) is 92.5 Å². The monoisotopic (exact) mass is 375 g/mol. The van der Waals surface area contributed by atoms with Gasteiger partial charge in [-0.15, -0.1) is 11.3 Å². The first-order valence-electron chi connectivity index (χ1n) is 9.56. The number of nitrogens with two attached hydrogens (primary N) is 1. The second kappa shape index (κ2) is 7.02. The first-order valence-corrected chi connectivity index (χ1v) is 10.4. The van der Waals surface area contributed by atoms with E-state index in [4.69, 9.17) is 5.73 Å². The fraction of sp³-hybridized carbons (Fsp3) is 0.632. The van der Waals surface area contributed by atoms with Crippen molar-refractivity contribution >= 4 is 34.1 Å². The smallest absolute Gasteiger partial charge is 0.251 e. The van der Waals surface area contributed by atoms with Gasteiger partial charge in [-0.05, 0) is 50.0 Å². The zero-order valence-corrected chi connectivity index (χ0v) is 15.7. The molecule has 0 bridgehead atoms. The van der Waals surface area contributed by atoms with Gasteiger partial charge >= 0.3 is 0 Å². The molecule has 2 aliphatic carbocycles. The van der Waals surface area contributed by atoms with E-state index in [1.807, 2.05) is 4.90 Å². The van der Waals surface area contributed by atoms with Gasteiger partial charge in [-0.25, -0.2) is 0 Å². The van der Waals surface area contributed by atoms with E-state index >= 15 is 0 Å². The lowest BCUT2D eigenvalue weighted by Crippen LogP contribution is -2.30. The lowest BCUT2D eigenvalue weighted by atomic mass is 10.0. The standard InChI is InChI=1S/C19H25N3O3S/c20-17(24)16-13-4-2-1-3-5-14(13)26-19(16)21-18(25)12-8-15(23)22(10-12)9-11-6-7-11/h11-12H,1-10H2,(H2,20,24)(H,21,25)/t12-/m0/s1. The summed E-state index contributed by atoms with van der Waals surface area (Å²) in [5.74, 6) is -0.304. The minimum atomic E-state index is -0.474. The van der Waals surface area contributed by atoms with Gasteiger partial charge in [0.15, 0.2) is 0 Å². The third-order valence-corrected chi connectivity index (χ3v) is 6.87. The van der Waals surface area contributed by atoms with Crippen molar-refractivity contribution in [1.29, 1.82) is 0 Å². The van der Waals surface area contributed by atoms with Gasteiger partial charge < -0.3 is 16.0 Å². The Balaban J connectivity index is 1.49. The molecule has 7 heteroatoms. The molecule has 0 radical (unpaired) electrons. The molecule has 3 aliphatic rings. The van der Waals surface area contributed by atoms with E-state index in [9.17, 15) is 14.4 Å². The second-order valence-electron chi connectivity index (χ2n) is 7.77. The number of likely N-dealkylation sites (tertiary alicyclic amines) is 1. The lowest BCUT2D eigenvalue weighted by Gasteiger charge is -2.16. The van der Waals surface area contributed by atoms with Crippen LogP contribution in [-0.2, 0) is 22.4 Å². The number of amides is 3. The number of fused-ring (bicyclic) bond motifs is 1. The summed E-state index contributed by atoms with van der Waals surface area (Å²) < 4.78 is 0. The van der Waals surface area contributed by atoms with E-state index in [0.717, 1.165) is 44.2 Å². The largest absolute Gasteiger partial charge is 0.365 e. The van der Waals surface area contributed by atoms with Crippen LogP contribution in [0.2, 0.25) is 0 Å². The molecule has 1 saturated carbocycles. The molecule has 1 aliphatic heterocycles. The summed E-state index contributed by atoms with van der Waals surface area (Å²) in [5.41, 5.74) is 7.13. The molecule has 2 heterocycles. The highest BCUT2D eigenvalue weighted by atomic mass is 32.1. The molecule has 2 fully saturated rings. The first-order chi connectivity index (χ1) is 12.5. The molecule has 1 aromatic heterocycles. The van der Waals surface area contributed by atoms with E-state index in [1.165, 1.54) is 29.1 Å². The van der Waals surface area contributed by atoms with Gasteiger partial charge in [-0.1, -0.05) is 6.42 Å². The molecule has 3 N–H and O–H groups in total. The number of carbonyl (C=O) groups is 3. The molecule has 0 unspecified atom stereocenters. The number of nitrogens with zero attached hydrogens (tertiary/aromatic N) is 1. The minimum Gasteiger partial charge on any atom is -0.365 e. The molecule has 0 aromatic carbocycles. The van der Waals surface area contributed by atoms with Gasteiger partial charge in [0.2, 0.25) is 11.8 Å². The highest BCUT2D eigenvalue weighted by molar-refractivity contribution is 7.17.